The van der Waals surface area contributed by atoms with Crippen LogP contribution in [0.3, 0.4) is 0 Å². The van der Waals surface area contributed by atoms with E-state index in [1.165, 1.54) is 28.6 Å². The molecule has 180 valence electrons. The van der Waals surface area contributed by atoms with E-state index in [0.29, 0.717) is 37.6 Å². The lowest BCUT2D eigenvalue weighted by Crippen LogP contribution is -2.47. The van der Waals surface area contributed by atoms with E-state index in [0.717, 1.165) is 6.07 Å². The molecule has 0 amide bonds. The fourth-order valence-corrected chi connectivity index (χ4v) is 5.33. The number of rotatable bonds is 7. The van der Waals surface area contributed by atoms with E-state index in [9.17, 15) is 22.9 Å². The maximum Gasteiger partial charge on any atom is 0.293 e. The second-order valence-corrected chi connectivity index (χ2v) is 10.1. The van der Waals surface area contributed by atoms with Crippen LogP contribution < -0.4 is 5.32 Å². The summed E-state index contributed by atoms with van der Waals surface area (Å²) >= 11 is 0. The van der Waals surface area contributed by atoms with Gasteiger partial charge in [0.25, 0.3) is 5.69 Å². The fourth-order valence-electron chi connectivity index (χ4n) is 3.89. The predicted octanol–water partition coefficient (Wildman–Crippen LogP) is 2.61. The summed E-state index contributed by atoms with van der Waals surface area (Å²) in [6.45, 7) is 1.81. The molecule has 0 spiro atoms. The molecular formula is C22H25FN6O4S. The van der Waals surface area contributed by atoms with E-state index < -0.39 is 26.8 Å². The summed E-state index contributed by atoms with van der Waals surface area (Å²) in [6.07, 6.45) is 3.32. The van der Waals surface area contributed by atoms with Crippen molar-refractivity contribution in [1.82, 2.24) is 18.8 Å². The van der Waals surface area contributed by atoms with Crippen molar-refractivity contribution in [2.24, 2.45) is 7.05 Å². The topological polar surface area (TPSA) is 114 Å². The van der Waals surface area contributed by atoms with Crippen LogP contribution in [0.4, 0.5) is 15.8 Å². The Balaban J connectivity index is 1.71. The summed E-state index contributed by atoms with van der Waals surface area (Å²) < 4.78 is 42.8. The minimum absolute atomic E-state index is 0.125. The fraction of sp³-hybridized carbons (Fsp3) is 0.318. The zero-order valence-corrected chi connectivity index (χ0v) is 19.6. The molecule has 2 heterocycles. The van der Waals surface area contributed by atoms with Crippen LogP contribution in [0.15, 0.2) is 59.8 Å². The second kappa shape index (κ2) is 9.49. The highest BCUT2D eigenvalue weighted by Crippen LogP contribution is 2.34. The molecule has 3 aromatic rings. The number of anilines is 1. The Morgan fingerprint density at radius 2 is 1.76 bits per heavy atom. The smallest absolute Gasteiger partial charge is 0.293 e. The van der Waals surface area contributed by atoms with Crippen LogP contribution in [-0.4, -0.2) is 65.3 Å². The number of nitro groups is 1. The molecule has 1 saturated heterocycles. The van der Waals surface area contributed by atoms with Gasteiger partial charge in [0, 0.05) is 51.7 Å². The molecule has 0 saturated carbocycles. The molecule has 1 N–H and O–H groups in total. The number of sulfonamides is 1. The molecule has 0 bridgehead atoms. The van der Waals surface area contributed by atoms with Crippen molar-refractivity contribution in [1.29, 1.82) is 0 Å². The summed E-state index contributed by atoms with van der Waals surface area (Å²) in [6, 6.07) is 8.93. The molecule has 1 fully saturated rings. The number of hydrogen-bond donors (Lipinski definition) is 1. The first-order chi connectivity index (χ1) is 16.2. The van der Waals surface area contributed by atoms with Crippen LogP contribution >= 0.6 is 0 Å². The maximum atomic E-state index is 13.5. The quantitative estimate of drug-likeness (QED) is 0.402. The van der Waals surface area contributed by atoms with Crippen LogP contribution in [0, 0.1) is 15.9 Å². The molecule has 10 nitrogen and oxygen atoms in total. The van der Waals surface area contributed by atoms with Gasteiger partial charge in [-0.05, 0) is 36.9 Å². The lowest BCUT2D eigenvalue weighted by atomic mass is 10.1. The van der Waals surface area contributed by atoms with Gasteiger partial charge in [-0.3, -0.25) is 10.1 Å². The second-order valence-electron chi connectivity index (χ2n) is 8.17. The number of hydrogen-bond acceptors (Lipinski definition) is 7. The highest BCUT2D eigenvalue weighted by atomic mass is 32.2. The van der Waals surface area contributed by atoms with E-state index in [2.05, 4.69) is 10.3 Å². The lowest BCUT2D eigenvalue weighted by Gasteiger charge is -2.31. The van der Waals surface area contributed by atoms with Crippen LogP contribution in [-0.2, 0) is 17.1 Å². The van der Waals surface area contributed by atoms with Gasteiger partial charge in [0.15, 0.2) is 0 Å². The monoisotopic (exact) mass is 488 g/mol. The zero-order chi connectivity index (χ0) is 24.5. The number of nitro benzene ring substituents is 1. The molecule has 2 aromatic carbocycles. The Morgan fingerprint density at radius 1 is 1.09 bits per heavy atom. The Bertz CT molecular complexity index is 1290. The van der Waals surface area contributed by atoms with E-state index in [1.54, 1.807) is 36.1 Å². The van der Waals surface area contributed by atoms with Gasteiger partial charge in [-0.2, -0.15) is 4.31 Å². The molecule has 1 atom stereocenters. The summed E-state index contributed by atoms with van der Waals surface area (Å²) in [5, 5.41) is 15.0. The van der Waals surface area contributed by atoms with Gasteiger partial charge in [-0.25, -0.2) is 17.8 Å². The van der Waals surface area contributed by atoms with Crippen molar-refractivity contribution in [3.8, 4) is 0 Å². The average Bonchev–Trinajstić information content (AvgIpc) is 3.24. The van der Waals surface area contributed by atoms with Gasteiger partial charge in [-0.15, -0.1) is 0 Å². The molecule has 0 aliphatic carbocycles. The number of aryl methyl sites for hydroxylation is 1. The Hall–Kier alpha value is -3.35. The molecular weight excluding hydrogens is 463 g/mol. The number of piperazine rings is 1. The molecule has 0 unspecified atom stereocenters. The van der Waals surface area contributed by atoms with Crippen molar-refractivity contribution < 1.29 is 17.7 Å². The summed E-state index contributed by atoms with van der Waals surface area (Å²) in [5.41, 5.74) is 0.385. The van der Waals surface area contributed by atoms with Gasteiger partial charge in [0.2, 0.25) is 10.0 Å². The molecule has 12 heteroatoms. The minimum Gasteiger partial charge on any atom is -0.366 e. The average molecular weight is 489 g/mol. The predicted molar refractivity (Wildman–Crippen MR) is 124 cm³/mol. The van der Waals surface area contributed by atoms with Crippen molar-refractivity contribution in [2.75, 3.05) is 38.5 Å². The van der Waals surface area contributed by atoms with Crippen molar-refractivity contribution in [2.45, 2.75) is 10.9 Å². The van der Waals surface area contributed by atoms with E-state index in [1.807, 2.05) is 11.9 Å². The maximum absolute atomic E-state index is 13.5. The third kappa shape index (κ3) is 4.79. The van der Waals surface area contributed by atoms with Crippen LogP contribution in [0.1, 0.15) is 17.4 Å². The number of benzene rings is 2. The lowest BCUT2D eigenvalue weighted by molar-refractivity contribution is -0.384. The van der Waals surface area contributed by atoms with E-state index >= 15 is 0 Å². The number of halogens is 1. The first-order valence-electron chi connectivity index (χ1n) is 10.6. The SMILES string of the molecule is CN1CCN(S(=O)(=O)c2ccc(N[C@H](c3ccc(F)cc3)c3nccn3C)c([N+](=O)[O-])c2)CC1. The minimum atomic E-state index is -3.88. The van der Waals surface area contributed by atoms with Crippen LogP contribution in [0.5, 0.6) is 0 Å². The Morgan fingerprint density at radius 3 is 2.35 bits per heavy atom. The van der Waals surface area contributed by atoms with Crippen LogP contribution in [0.2, 0.25) is 0 Å². The van der Waals surface area contributed by atoms with Crippen molar-refractivity contribution in [3.63, 3.8) is 0 Å². The Kier molecular flexibility index (Phi) is 6.64. The van der Waals surface area contributed by atoms with Crippen molar-refractivity contribution in [3.05, 3.63) is 82.2 Å². The van der Waals surface area contributed by atoms with Gasteiger partial charge in [0.1, 0.15) is 23.4 Å². The normalized spacial score (nSPS) is 16.3. The number of nitrogens with zero attached hydrogens (tertiary/aromatic N) is 5. The number of likely N-dealkylation sites (N-methyl/N-ethyl adjacent to an activating group) is 1. The third-order valence-electron chi connectivity index (χ3n) is 5.89. The zero-order valence-electron chi connectivity index (χ0n) is 18.8. The molecule has 1 aliphatic rings. The van der Waals surface area contributed by atoms with Crippen molar-refractivity contribution >= 4 is 21.4 Å². The highest BCUT2D eigenvalue weighted by molar-refractivity contribution is 7.89. The van der Waals surface area contributed by atoms with Gasteiger partial charge in [-0.1, -0.05) is 12.1 Å². The third-order valence-corrected chi connectivity index (χ3v) is 7.78. The summed E-state index contributed by atoms with van der Waals surface area (Å²) in [5.74, 6) is 0.141. The molecule has 1 aliphatic heterocycles. The van der Waals surface area contributed by atoms with Crippen LogP contribution in [0.25, 0.3) is 0 Å². The van der Waals surface area contributed by atoms with Gasteiger partial charge >= 0.3 is 0 Å². The standard InChI is InChI=1S/C22H25FN6O4S/c1-26-11-13-28(14-12-26)34(32,33)18-7-8-19(20(15-18)29(30)31)25-21(22-24-9-10-27(22)2)16-3-5-17(23)6-4-16/h3-10,15,21,25H,11-14H2,1-2H3/t21-/m1/s1. The van der Waals surface area contributed by atoms with E-state index in [-0.39, 0.29) is 16.3 Å². The van der Waals surface area contributed by atoms with E-state index in [4.69, 9.17) is 0 Å². The highest BCUT2D eigenvalue weighted by Gasteiger charge is 2.30. The molecule has 34 heavy (non-hydrogen) atoms. The first-order valence-corrected chi connectivity index (χ1v) is 12.1. The number of imidazole rings is 1. The van der Waals surface area contributed by atoms with Gasteiger partial charge in [0.05, 0.1) is 9.82 Å². The molecule has 1 aromatic heterocycles. The molecule has 0 radical (unpaired) electrons. The first kappa shape index (κ1) is 23.8. The summed E-state index contributed by atoms with van der Waals surface area (Å²) in [4.78, 5) is 17.5. The Labute approximate surface area is 196 Å². The largest absolute Gasteiger partial charge is 0.366 e. The molecule has 4 rings (SSSR count). The number of nitrogens with one attached hydrogen (secondary N) is 1. The van der Waals surface area contributed by atoms with Gasteiger partial charge < -0.3 is 14.8 Å². The number of aromatic nitrogens is 2. The summed E-state index contributed by atoms with van der Waals surface area (Å²) in [7, 11) is -0.188.